The Labute approximate surface area is 127 Å². The van der Waals surface area contributed by atoms with Crippen LogP contribution in [0.15, 0.2) is 35.3 Å². The summed E-state index contributed by atoms with van der Waals surface area (Å²) in [6.07, 6.45) is 2.06. The Balaban J connectivity index is 2.02. The van der Waals surface area contributed by atoms with Crippen molar-refractivity contribution in [3.05, 3.63) is 56.5 Å². The van der Waals surface area contributed by atoms with E-state index >= 15 is 0 Å². The van der Waals surface area contributed by atoms with Gasteiger partial charge in [0, 0.05) is 18.3 Å². The van der Waals surface area contributed by atoms with Gasteiger partial charge in [-0.3, -0.25) is 14.9 Å². The average Bonchev–Trinajstić information content (AvgIpc) is 2.91. The summed E-state index contributed by atoms with van der Waals surface area (Å²) in [5, 5.41) is 15.2. The molecule has 0 aliphatic rings. The molecule has 0 radical (unpaired) electrons. The Morgan fingerprint density at radius 2 is 2.23 bits per heavy atom. The average molecular weight is 318 g/mol. The molecule has 0 amide bonds. The number of nitro benzene ring substituents is 1. The van der Waals surface area contributed by atoms with Crippen molar-refractivity contribution in [3.8, 4) is 10.9 Å². The van der Waals surface area contributed by atoms with Crippen LogP contribution < -0.4 is 10.3 Å². The molecule has 0 bridgehead atoms. The van der Waals surface area contributed by atoms with Gasteiger partial charge in [-0.25, -0.2) is 4.98 Å². The zero-order valence-electron chi connectivity index (χ0n) is 11.4. The Kier molecular flexibility index (Phi) is 3.55. The highest BCUT2D eigenvalue weighted by Gasteiger charge is 2.18. The molecular formula is C13H10N4O4S. The minimum atomic E-state index is -0.508. The second-order valence-electron chi connectivity index (χ2n) is 4.36. The van der Waals surface area contributed by atoms with Gasteiger partial charge in [0.05, 0.1) is 4.92 Å². The maximum Gasteiger partial charge on any atom is 0.311 e. The topological polar surface area (TPSA) is 99.6 Å². The number of aromatic nitrogens is 3. The van der Waals surface area contributed by atoms with E-state index in [1.807, 2.05) is 6.92 Å². The zero-order valence-corrected chi connectivity index (χ0v) is 12.2. The van der Waals surface area contributed by atoms with Crippen molar-refractivity contribution in [1.82, 2.24) is 14.6 Å². The van der Waals surface area contributed by atoms with Crippen molar-refractivity contribution in [1.29, 1.82) is 0 Å². The second-order valence-corrected chi connectivity index (χ2v) is 5.28. The lowest BCUT2D eigenvalue weighted by Crippen LogP contribution is -2.12. The molecule has 3 aromatic rings. The molecule has 9 heteroatoms. The Morgan fingerprint density at radius 1 is 1.41 bits per heavy atom. The summed E-state index contributed by atoms with van der Waals surface area (Å²) < 4.78 is 6.57. The fourth-order valence-electron chi connectivity index (χ4n) is 1.87. The lowest BCUT2D eigenvalue weighted by Gasteiger charge is -2.04. The number of nitro groups is 1. The molecular weight excluding hydrogens is 308 g/mol. The normalized spacial score (nSPS) is 10.8. The van der Waals surface area contributed by atoms with E-state index < -0.39 is 4.92 Å². The molecule has 2 aromatic heterocycles. The first-order valence-corrected chi connectivity index (χ1v) is 7.20. The van der Waals surface area contributed by atoms with E-state index in [0.717, 1.165) is 21.4 Å². The fourth-order valence-corrected chi connectivity index (χ4v) is 2.61. The van der Waals surface area contributed by atoms with Crippen LogP contribution in [0.4, 0.5) is 5.69 Å². The van der Waals surface area contributed by atoms with Crippen LogP contribution in [0, 0.1) is 10.1 Å². The van der Waals surface area contributed by atoms with E-state index in [0.29, 0.717) is 11.4 Å². The standard InChI is InChI=1S/C13H10N4O4S/c1-2-8-3-4-10(9(7-8)17(19)20)21-13-15-16-11(18)5-6-14-12(16)22-13/h3-7H,2H2,1H3. The highest BCUT2D eigenvalue weighted by Crippen LogP contribution is 2.33. The van der Waals surface area contributed by atoms with E-state index in [-0.39, 0.29) is 22.2 Å². The molecule has 0 spiro atoms. The van der Waals surface area contributed by atoms with Gasteiger partial charge in [-0.15, -0.1) is 5.10 Å². The third kappa shape index (κ3) is 2.53. The van der Waals surface area contributed by atoms with Crippen LogP contribution in [0.25, 0.3) is 4.96 Å². The number of hydrogen-bond donors (Lipinski definition) is 0. The third-order valence-electron chi connectivity index (χ3n) is 2.98. The van der Waals surface area contributed by atoms with Crippen LogP contribution in [0.5, 0.6) is 10.9 Å². The lowest BCUT2D eigenvalue weighted by molar-refractivity contribution is -0.385. The number of benzene rings is 1. The van der Waals surface area contributed by atoms with Gasteiger partial charge >= 0.3 is 5.69 Å². The molecule has 3 rings (SSSR count). The molecule has 22 heavy (non-hydrogen) atoms. The van der Waals surface area contributed by atoms with Crippen molar-refractivity contribution in [3.63, 3.8) is 0 Å². The van der Waals surface area contributed by atoms with Gasteiger partial charge < -0.3 is 4.74 Å². The van der Waals surface area contributed by atoms with Crippen LogP contribution >= 0.6 is 11.3 Å². The van der Waals surface area contributed by atoms with Gasteiger partial charge in [0.2, 0.25) is 10.7 Å². The van der Waals surface area contributed by atoms with Crippen LogP contribution in [-0.2, 0) is 6.42 Å². The molecule has 0 fully saturated rings. The molecule has 0 unspecified atom stereocenters. The first-order valence-electron chi connectivity index (χ1n) is 6.38. The minimum absolute atomic E-state index is 0.0781. The van der Waals surface area contributed by atoms with Gasteiger partial charge in [-0.2, -0.15) is 4.52 Å². The molecule has 0 saturated carbocycles. The summed E-state index contributed by atoms with van der Waals surface area (Å²) in [5.74, 6) is 0.0781. The molecule has 0 aliphatic carbocycles. The molecule has 1 aromatic carbocycles. The molecule has 2 heterocycles. The summed E-state index contributed by atoms with van der Waals surface area (Å²) in [6.45, 7) is 1.91. The first kappa shape index (κ1) is 14.1. The zero-order chi connectivity index (χ0) is 15.7. The van der Waals surface area contributed by atoms with E-state index in [9.17, 15) is 14.9 Å². The third-order valence-corrected chi connectivity index (χ3v) is 3.78. The minimum Gasteiger partial charge on any atom is -0.422 e. The maximum atomic E-state index is 11.6. The number of nitrogens with zero attached hydrogens (tertiary/aromatic N) is 4. The van der Waals surface area contributed by atoms with Crippen molar-refractivity contribution in [2.45, 2.75) is 13.3 Å². The molecule has 0 atom stereocenters. The van der Waals surface area contributed by atoms with Crippen LogP contribution in [0.3, 0.4) is 0 Å². The van der Waals surface area contributed by atoms with E-state index in [1.54, 1.807) is 6.07 Å². The Morgan fingerprint density at radius 3 is 2.91 bits per heavy atom. The van der Waals surface area contributed by atoms with E-state index in [4.69, 9.17) is 4.74 Å². The van der Waals surface area contributed by atoms with Crippen molar-refractivity contribution < 1.29 is 9.66 Å². The molecule has 0 saturated heterocycles. The number of ether oxygens (including phenoxy) is 1. The summed E-state index contributed by atoms with van der Waals surface area (Å²) in [5.41, 5.74) is 0.354. The number of rotatable bonds is 4. The first-order chi connectivity index (χ1) is 10.6. The Hall–Kier alpha value is -2.81. The number of fused-ring (bicyclic) bond motifs is 1. The summed E-state index contributed by atoms with van der Waals surface area (Å²) in [7, 11) is 0. The quantitative estimate of drug-likeness (QED) is 0.541. The van der Waals surface area contributed by atoms with Gasteiger partial charge in [0.15, 0.2) is 0 Å². The van der Waals surface area contributed by atoms with Crippen molar-refractivity contribution in [2.75, 3.05) is 0 Å². The smallest absolute Gasteiger partial charge is 0.311 e. The van der Waals surface area contributed by atoms with Crippen LogP contribution in [0.2, 0.25) is 0 Å². The second kappa shape index (κ2) is 5.53. The summed E-state index contributed by atoms with van der Waals surface area (Å²) >= 11 is 1.03. The van der Waals surface area contributed by atoms with Crippen LogP contribution in [-0.4, -0.2) is 19.5 Å². The molecule has 8 nitrogen and oxygen atoms in total. The molecule has 0 N–H and O–H groups in total. The van der Waals surface area contributed by atoms with E-state index in [2.05, 4.69) is 10.1 Å². The highest BCUT2D eigenvalue weighted by molar-refractivity contribution is 7.18. The predicted octanol–water partition coefficient (Wildman–Crippen LogP) is 2.41. The van der Waals surface area contributed by atoms with Gasteiger partial charge in [0.25, 0.3) is 10.8 Å². The molecule has 112 valence electrons. The lowest BCUT2D eigenvalue weighted by atomic mass is 10.1. The summed E-state index contributed by atoms with van der Waals surface area (Å²) in [4.78, 5) is 26.6. The molecule has 0 aliphatic heterocycles. The highest BCUT2D eigenvalue weighted by atomic mass is 32.1. The van der Waals surface area contributed by atoms with Gasteiger partial charge in [-0.05, 0) is 29.4 Å². The van der Waals surface area contributed by atoms with Gasteiger partial charge in [0.1, 0.15) is 0 Å². The van der Waals surface area contributed by atoms with Gasteiger partial charge in [-0.1, -0.05) is 13.0 Å². The monoisotopic (exact) mass is 318 g/mol. The fraction of sp³-hybridized carbons (Fsp3) is 0.154. The SMILES string of the molecule is CCc1ccc(Oc2nn3c(=O)ccnc3s2)c([N+](=O)[O-])c1. The van der Waals surface area contributed by atoms with E-state index in [1.165, 1.54) is 24.4 Å². The summed E-state index contributed by atoms with van der Waals surface area (Å²) in [6, 6.07) is 6.02. The maximum absolute atomic E-state index is 11.6. The number of hydrogen-bond acceptors (Lipinski definition) is 7. The van der Waals surface area contributed by atoms with Crippen LogP contribution in [0.1, 0.15) is 12.5 Å². The predicted molar refractivity (Wildman–Crippen MR) is 79.7 cm³/mol. The largest absolute Gasteiger partial charge is 0.422 e. The van der Waals surface area contributed by atoms with Crippen molar-refractivity contribution in [2.24, 2.45) is 0 Å². The number of aryl methyl sites for hydroxylation is 1. The van der Waals surface area contributed by atoms with Crippen molar-refractivity contribution >= 4 is 22.0 Å². The Bertz CT molecular complexity index is 918.